The van der Waals surface area contributed by atoms with Crippen LogP contribution >= 0.6 is 0 Å². The normalized spacial score (nSPS) is 18.5. The van der Waals surface area contributed by atoms with Crippen molar-refractivity contribution in [2.45, 2.75) is 18.9 Å². The van der Waals surface area contributed by atoms with Gasteiger partial charge in [0.2, 0.25) is 5.91 Å². The molecule has 0 radical (unpaired) electrons. The number of carbonyl (C=O) groups excluding carboxylic acids is 1. The minimum Gasteiger partial charge on any atom is -0.491 e. The number of carbonyl (C=O) groups is 1. The van der Waals surface area contributed by atoms with Crippen LogP contribution in [0.15, 0.2) is 30.3 Å². The monoisotopic (exact) mass is 278 g/mol. The summed E-state index contributed by atoms with van der Waals surface area (Å²) in [5, 5.41) is 6.22. The van der Waals surface area contributed by atoms with Crippen LogP contribution in [0, 0.1) is 0 Å². The first-order chi connectivity index (χ1) is 9.84. The van der Waals surface area contributed by atoms with Gasteiger partial charge in [0.05, 0.1) is 6.61 Å². The van der Waals surface area contributed by atoms with Crippen molar-refractivity contribution in [3.8, 4) is 5.75 Å². The molecule has 1 aliphatic rings. The van der Waals surface area contributed by atoms with Gasteiger partial charge in [-0.3, -0.25) is 4.79 Å². The lowest BCUT2D eigenvalue weighted by molar-refractivity contribution is -0.126. The van der Waals surface area contributed by atoms with Crippen LogP contribution in [0.25, 0.3) is 0 Å². The van der Waals surface area contributed by atoms with Gasteiger partial charge in [-0.2, -0.15) is 0 Å². The van der Waals surface area contributed by atoms with Gasteiger partial charge in [-0.15, -0.1) is 0 Å². The molecule has 1 aromatic rings. The number of ether oxygens (including phenoxy) is 2. The van der Waals surface area contributed by atoms with E-state index in [9.17, 15) is 4.79 Å². The highest BCUT2D eigenvalue weighted by atomic mass is 16.5. The first-order valence-electron chi connectivity index (χ1n) is 7.10. The zero-order chi connectivity index (χ0) is 14.0. The van der Waals surface area contributed by atoms with Crippen LogP contribution in [-0.2, 0) is 9.53 Å². The molecule has 1 aromatic carbocycles. The van der Waals surface area contributed by atoms with Crippen molar-refractivity contribution in [2.24, 2.45) is 0 Å². The Morgan fingerprint density at radius 2 is 2.15 bits per heavy atom. The first kappa shape index (κ1) is 14.8. The minimum absolute atomic E-state index is 0.0570. The van der Waals surface area contributed by atoms with Gasteiger partial charge in [0.25, 0.3) is 0 Å². The summed E-state index contributed by atoms with van der Waals surface area (Å²) in [4.78, 5) is 11.6. The molecule has 2 N–H and O–H groups in total. The van der Waals surface area contributed by atoms with E-state index < -0.39 is 0 Å². The summed E-state index contributed by atoms with van der Waals surface area (Å²) in [5.74, 6) is 0.757. The number of nitrogens with one attached hydrogen (secondary N) is 2. The van der Waals surface area contributed by atoms with Crippen molar-refractivity contribution in [1.82, 2.24) is 10.6 Å². The number of hydrogen-bond donors (Lipinski definition) is 2. The molecule has 20 heavy (non-hydrogen) atoms. The number of rotatable bonds is 7. The van der Waals surface area contributed by atoms with E-state index in [1.54, 1.807) is 0 Å². The third-order valence-corrected chi connectivity index (χ3v) is 3.13. The Balaban J connectivity index is 1.51. The van der Waals surface area contributed by atoms with Crippen LogP contribution in [-0.4, -0.2) is 44.9 Å². The van der Waals surface area contributed by atoms with Crippen molar-refractivity contribution in [1.29, 1.82) is 0 Å². The lowest BCUT2D eigenvalue weighted by Gasteiger charge is -2.23. The summed E-state index contributed by atoms with van der Waals surface area (Å²) in [6.07, 6.45) is 2.15. The van der Waals surface area contributed by atoms with E-state index in [1.165, 1.54) is 0 Å². The van der Waals surface area contributed by atoms with Crippen molar-refractivity contribution < 1.29 is 14.3 Å². The Morgan fingerprint density at radius 3 is 2.90 bits per heavy atom. The fourth-order valence-electron chi connectivity index (χ4n) is 2.14. The molecule has 0 aliphatic carbocycles. The van der Waals surface area contributed by atoms with Gasteiger partial charge in [0.1, 0.15) is 19.0 Å². The molecule has 1 atom stereocenters. The van der Waals surface area contributed by atoms with Crippen molar-refractivity contribution in [2.75, 3.05) is 32.9 Å². The smallest absolute Gasteiger partial charge is 0.246 e. The molecule has 0 bridgehead atoms. The zero-order valence-electron chi connectivity index (χ0n) is 11.6. The van der Waals surface area contributed by atoms with Crippen LogP contribution in [0.1, 0.15) is 12.8 Å². The van der Waals surface area contributed by atoms with Gasteiger partial charge in [0.15, 0.2) is 0 Å². The van der Waals surface area contributed by atoms with Crippen LogP contribution in [0.5, 0.6) is 5.75 Å². The van der Waals surface area contributed by atoms with Crippen molar-refractivity contribution in [3.05, 3.63) is 30.3 Å². The summed E-state index contributed by atoms with van der Waals surface area (Å²) in [7, 11) is 0. The summed E-state index contributed by atoms with van der Waals surface area (Å²) in [6.45, 7) is 2.84. The summed E-state index contributed by atoms with van der Waals surface area (Å²) in [6, 6.07) is 9.80. The highest BCUT2D eigenvalue weighted by Crippen LogP contribution is 2.07. The second-order valence-corrected chi connectivity index (χ2v) is 4.82. The van der Waals surface area contributed by atoms with Crippen LogP contribution in [0.3, 0.4) is 0 Å². The van der Waals surface area contributed by atoms with Crippen molar-refractivity contribution >= 4 is 5.91 Å². The Morgan fingerprint density at radius 1 is 1.30 bits per heavy atom. The van der Waals surface area contributed by atoms with Gasteiger partial charge in [-0.05, 0) is 31.5 Å². The summed E-state index contributed by atoms with van der Waals surface area (Å²) >= 11 is 0. The Labute approximate surface area is 119 Å². The van der Waals surface area contributed by atoms with E-state index >= 15 is 0 Å². The van der Waals surface area contributed by atoms with Crippen LogP contribution < -0.4 is 15.4 Å². The predicted molar refractivity (Wildman–Crippen MR) is 76.8 cm³/mol. The molecule has 5 heteroatoms. The Hall–Kier alpha value is -1.59. The van der Waals surface area contributed by atoms with E-state index in [1.807, 2.05) is 30.3 Å². The topological polar surface area (TPSA) is 59.6 Å². The molecule has 1 amide bonds. The maximum Gasteiger partial charge on any atom is 0.246 e. The van der Waals surface area contributed by atoms with E-state index in [0.717, 1.165) is 31.7 Å². The molecule has 1 saturated heterocycles. The number of hydrogen-bond acceptors (Lipinski definition) is 4. The molecular weight excluding hydrogens is 256 g/mol. The lowest BCUT2D eigenvalue weighted by atomic mass is 10.1. The fourth-order valence-corrected chi connectivity index (χ4v) is 2.14. The first-order valence-corrected chi connectivity index (χ1v) is 7.10. The van der Waals surface area contributed by atoms with Crippen LogP contribution in [0.4, 0.5) is 0 Å². The second-order valence-electron chi connectivity index (χ2n) is 4.82. The Kier molecular flexibility index (Phi) is 6.34. The average Bonchev–Trinajstić information content (AvgIpc) is 2.49. The maximum atomic E-state index is 11.6. The highest BCUT2D eigenvalue weighted by Gasteiger charge is 2.14. The zero-order valence-corrected chi connectivity index (χ0v) is 11.6. The summed E-state index contributed by atoms with van der Waals surface area (Å²) in [5.41, 5.74) is 0. The second kappa shape index (κ2) is 8.55. The van der Waals surface area contributed by atoms with E-state index in [-0.39, 0.29) is 18.6 Å². The lowest BCUT2D eigenvalue weighted by Crippen LogP contribution is -2.46. The molecule has 1 heterocycles. The van der Waals surface area contributed by atoms with Gasteiger partial charge in [0, 0.05) is 12.6 Å². The van der Waals surface area contributed by atoms with Gasteiger partial charge in [-0.25, -0.2) is 0 Å². The standard InChI is InChI=1S/C15H22N2O3/c18-15(17-13-5-4-8-16-11-13)12-19-9-10-20-14-6-2-1-3-7-14/h1-3,6-7,13,16H,4-5,8-12H2,(H,17,18)/t13-/m0/s1. The third kappa shape index (κ3) is 5.59. The van der Waals surface area contributed by atoms with E-state index in [2.05, 4.69) is 10.6 Å². The molecule has 0 saturated carbocycles. The van der Waals surface area contributed by atoms with E-state index in [0.29, 0.717) is 13.2 Å². The highest BCUT2D eigenvalue weighted by molar-refractivity contribution is 5.77. The summed E-state index contributed by atoms with van der Waals surface area (Å²) < 4.78 is 10.8. The molecule has 0 spiro atoms. The molecule has 2 rings (SSSR count). The predicted octanol–water partition coefficient (Wildman–Crippen LogP) is 0.950. The molecule has 1 fully saturated rings. The molecule has 0 unspecified atom stereocenters. The average molecular weight is 278 g/mol. The van der Waals surface area contributed by atoms with Gasteiger partial charge < -0.3 is 20.1 Å². The molecule has 110 valence electrons. The number of piperidine rings is 1. The number of para-hydroxylation sites is 1. The van der Waals surface area contributed by atoms with Gasteiger partial charge in [-0.1, -0.05) is 18.2 Å². The molecule has 0 aromatic heterocycles. The minimum atomic E-state index is -0.0570. The molecular formula is C15H22N2O3. The van der Waals surface area contributed by atoms with Crippen molar-refractivity contribution in [3.63, 3.8) is 0 Å². The molecule has 1 aliphatic heterocycles. The largest absolute Gasteiger partial charge is 0.491 e. The number of amides is 1. The maximum absolute atomic E-state index is 11.6. The fraction of sp³-hybridized carbons (Fsp3) is 0.533. The Bertz CT molecular complexity index is 391. The third-order valence-electron chi connectivity index (χ3n) is 3.13. The van der Waals surface area contributed by atoms with Crippen LogP contribution in [0.2, 0.25) is 0 Å². The van der Waals surface area contributed by atoms with E-state index in [4.69, 9.17) is 9.47 Å². The quantitative estimate of drug-likeness (QED) is 0.729. The molecule has 5 nitrogen and oxygen atoms in total. The van der Waals surface area contributed by atoms with Gasteiger partial charge >= 0.3 is 0 Å². The SMILES string of the molecule is O=C(COCCOc1ccccc1)N[C@H]1CCCNC1. The number of benzene rings is 1.